The van der Waals surface area contributed by atoms with Gasteiger partial charge >= 0.3 is 0 Å². The third-order valence-corrected chi connectivity index (χ3v) is 6.71. The van der Waals surface area contributed by atoms with Gasteiger partial charge in [-0.1, -0.05) is 41.6 Å². The van der Waals surface area contributed by atoms with E-state index < -0.39 is 0 Å². The average Bonchev–Trinajstić information content (AvgIpc) is 2.79. The van der Waals surface area contributed by atoms with Gasteiger partial charge in [-0.2, -0.15) is 9.78 Å². The molecule has 0 radical (unpaired) electrons. The zero-order valence-corrected chi connectivity index (χ0v) is 20.9. The highest BCUT2D eigenvalue weighted by Gasteiger charge is 2.16. The molecular weight excluding hydrogens is 456 g/mol. The van der Waals surface area contributed by atoms with Gasteiger partial charge in [0.05, 0.1) is 10.9 Å². The summed E-state index contributed by atoms with van der Waals surface area (Å²) in [4.78, 5) is 27.2. The van der Waals surface area contributed by atoms with Crippen LogP contribution in [0, 0.1) is 13.8 Å². The van der Waals surface area contributed by atoms with Gasteiger partial charge in [-0.05, 0) is 69.2 Å². The first kappa shape index (κ1) is 24.9. The fourth-order valence-corrected chi connectivity index (χ4v) is 4.35. The van der Waals surface area contributed by atoms with Crippen molar-refractivity contribution >= 4 is 35.0 Å². The van der Waals surface area contributed by atoms with Crippen LogP contribution in [0.15, 0.2) is 64.4 Å². The highest BCUT2D eigenvalue weighted by Crippen LogP contribution is 2.22. The minimum atomic E-state index is -0.362. The largest absolute Gasteiger partial charge is 0.370 e. The van der Waals surface area contributed by atoms with Crippen LogP contribution in [-0.2, 0) is 4.79 Å². The van der Waals surface area contributed by atoms with Crippen molar-refractivity contribution in [1.82, 2.24) is 15.1 Å². The molecule has 3 aromatic rings. The Balaban J connectivity index is 1.60. The van der Waals surface area contributed by atoms with E-state index in [-0.39, 0.29) is 16.7 Å². The zero-order chi connectivity index (χ0) is 24.0. The van der Waals surface area contributed by atoms with Crippen LogP contribution in [0.1, 0.15) is 25.0 Å². The molecule has 1 amide bonds. The molecule has 3 rings (SSSR count). The Kier molecular flexibility index (Phi) is 8.58. The maximum Gasteiger partial charge on any atom is 0.271 e. The molecule has 0 aliphatic rings. The monoisotopic (exact) mass is 484 g/mol. The maximum atomic E-state index is 12.6. The van der Waals surface area contributed by atoms with Gasteiger partial charge < -0.3 is 10.2 Å². The number of anilines is 1. The van der Waals surface area contributed by atoms with E-state index >= 15 is 0 Å². The first-order valence-electron chi connectivity index (χ1n) is 10.9. The first-order valence-corrected chi connectivity index (χ1v) is 12.2. The molecule has 0 aliphatic carbocycles. The molecule has 1 heterocycles. The van der Waals surface area contributed by atoms with Gasteiger partial charge in [0, 0.05) is 36.4 Å². The van der Waals surface area contributed by atoms with E-state index in [4.69, 9.17) is 11.6 Å². The number of amides is 1. The van der Waals surface area contributed by atoms with Gasteiger partial charge in [-0.15, -0.1) is 0 Å². The summed E-state index contributed by atoms with van der Waals surface area (Å²) in [5.41, 5.74) is 3.62. The molecule has 0 aliphatic heterocycles. The summed E-state index contributed by atoms with van der Waals surface area (Å²) in [5, 5.41) is 8.23. The predicted octanol–water partition coefficient (Wildman–Crippen LogP) is 4.63. The second kappa shape index (κ2) is 11.4. The Morgan fingerprint density at radius 2 is 1.97 bits per heavy atom. The van der Waals surface area contributed by atoms with Crippen LogP contribution in [-0.4, -0.2) is 40.6 Å². The molecule has 2 aromatic carbocycles. The van der Waals surface area contributed by atoms with Crippen molar-refractivity contribution in [3.8, 4) is 5.69 Å². The van der Waals surface area contributed by atoms with Crippen molar-refractivity contribution in [2.45, 2.75) is 38.0 Å². The summed E-state index contributed by atoms with van der Waals surface area (Å²) < 4.78 is 1.30. The Hall–Kier alpha value is -2.77. The van der Waals surface area contributed by atoms with Gasteiger partial charge in [-0.25, -0.2) is 0 Å². The summed E-state index contributed by atoms with van der Waals surface area (Å²) in [6.07, 6.45) is 0. The number of aromatic nitrogens is 2. The molecule has 0 spiro atoms. The Bertz CT molecular complexity index is 1180. The SMILES string of the molecule is CCN(CCNC(=O)C(C)Sc1ccc(=O)n(-c2ccc(C)c(Cl)c2)n1)c1cccc(C)c1. The fourth-order valence-electron chi connectivity index (χ4n) is 3.34. The number of hydrogen-bond donors (Lipinski definition) is 1. The number of carbonyl (C=O) groups is 1. The van der Waals surface area contributed by atoms with Crippen LogP contribution in [0.5, 0.6) is 0 Å². The molecule has 0 saturated heterocycles. The molecule has 1 unspecified atom stereocenters. The van der Waals surface area contributed by atoms with E-state index in [1.165, 1.54) is 28.1 Å². The number of rotatable bonds is 9. The van der Waals surface area contributed by atoms with Crippen LogP contribution in [0.3, 0.4) is 0 Å². The van der Waals surface area contributed by atoms with Gasteiger partial charge in [0.25, 0.3) is 5.56 Å². The molecular formula is C25H29ClN4O2S. The van der Waals surface area contributed by atoms with Crippen LogP contribution in [0.2, 0.25) is 5.02 Å². The summed E-state index contributed by atoms with van der Waals surface area (Å²) in [6, 6.07) is 16.8. The quantitative estimate of drug-likeness (QED) is 0.449. The fraction of sp³-hybridized carbons (Fsp3) is 0.320. The van der Waals surface area contributed by atoms with Gasteiger partial charge in [0.2, 0.25) is 5.91 Å². The minimum Gasteiger partial charge on any atom is -0.370 e. The molecule has 0 bridgehead atoms. The van der Waals surface area contributed by atoms with Crippen molar-refractivity contribution in [1.29, 1.82) is 0 Å². The standard InChI is InChI=1S/C25H29ClN4O2S/c1-5-29(20-8-6-7-17(2)15-20)14-13-27-25(32)19(4)33-23-11-12-24(31)30(28-23)21-10-9-18(3)22(26)16-21/h6-12,15-16,19H,5,13-14H2,1-4H3,(H,27,32). The molecule has 1 N–H and O–H groups in total. The third-order valence-electron chi connectivity index (χ3n) is 5.27. The second-order valence-corrected chi connectivity index (χ2v) is 9.59. The normalized spacial score (nSPS) is 11.8. The molecule has 0 saturated carbocycles. The molecule has 33 heavy (non-hydrogen) atoms. The van der Waals surface area contributed by atoms with E-state index in [0.29, 0.717) is 22.3 Å². The minimum absolute atomic E-state index is 0.0711. The van der Waals surface area contributed by atoms with E-state index in [1.807, 2.05) is 26.0 Å². The van der Waals surface area contributed by atoms with Crippen LogP contribution < -0.4 is 15.8 Å². The van der Waals surface area contributed by atoms with E-state index in [2.05, 4.69) is 47.4 Å². The molecule has 1 atom stereocenters. The predicted molar refractivity (Wildman–Crippen MR) is 137 cm³/mol. The average molecular weight is 485 g/mol. The van der Waals surface area contributed by atoms with Crippen molar-refractivity contribution in [2.24, 2.45) is 0 Å². The lowest BCUT2D eigenvalue weighted by atomic mass is 10.2. The number of nitrogens with one attached hydrogen (secondary N) is 1. The van der Waals surface area contributed by atoms with E-state index in [1.54, 1.807) is 18.2 Å². The summed E-state index contributed by atoms with van der Waals surface area (Å²) in [5.74, 6) is -0.0711. The van der Waals surface area contributed by atoms with Crippen LogP contribution in [0.25, 0.3) is 5.69 Å². The molecule has 6 nitrogen and oxygen atoms in total. The highest BCUT2D eigenvalue weighted by molar-refractivity contribution is 8.00. The lowest BCUT2D eigenvalue weighted by molar-refractivity contribution is -0.120. The molecule has 174 valence electrons. The maximum absolute atomic E-state index is 12.6. The lowest BCUT2D eigenvalue weighted by Gasteiger charge is -2.24. The number of likely N-dealkylation sites (N-methyl/N-ethyl adjacent to an activating group) is 1. The number of hydrogen-bond acceptors (Lipinski definition) is 5. The van der Waals surface area contributed by atoms with Crippen LogP contribution in [0.4, 0.5) is 5.69 Å². The van der Waals surface area contributed by atoms with Crippen molar-refractivity contribution in [3.05, 3.63) is 81.1 Å². The van der Waals surface area contributed by atoms with Gasteiger partial charge in [0.1, 0.15) is 5.03 Å². The summed E-state index contributed by atoms with van der Waals surface area (Å²) in [6.45, 7) is 10.0. The van der Waals surface area contributed by atoms with E-state index in [0.717, 1.165) is 24.3 Å². The smallest absolute Gasteiger partial charge is 0.271 e. The number of thioether (sulfide) groups is 1. The summed E-state index contributed by atoms with van der Waals surface area (Å²) >= 11 is 7.51. The highest BCUT2D eigenvalue weighted by atomic mass is 35.5. The Morgan fingerprint density at radius 1 is 1.18 bits per heavy atom. The lowest BCUT2D eigenvalue weighted by Crippen LogP contribution is -2.38. The zero-order valence-electron chi connectivity index (χ0n) is 19.3. The van der Waals surface area contributed by atoms with Crippen molar-refractivity contribution < 1.29 is 4.79 Å². The number of benzene rings is 2. The second-order valence-electron chi connectivity index (χ2n) is 7.82. The van der Waals surface area contributed by atoms with Crippen molar-refractivity contribution in [3.63, 3.8) is 0 Å². The Morgan fingerprint density at radius 3 is 2.67 bits per heavy atom. The van der Waals surface area contributed by atoms with Crippen LogP contribution >= 0.6 is 23.4 Å². The van der Waals surface area contributed by atoms with E-state index in [9.17, 15) is 9.59 Å². The molecule has 8 heteroatoms. The Labute approximate surface area is 204 Å². The van der Waals surface area contributed by atoms with Crippen molar-refractivity contribution in [2.75, 3.05) is 24.5 Å². The van der Waals surface area contributed by atoms with Gasteiger partial charge in [0.15, 0.2) is 0 Å². The first-order chi connectivity index (χ1) is 15.8. The topological polar surface area (TPSA) is 67.2 Å². The number of nitrogens with zero attached hydrogens (tertiary/aromatic N) is 3. The summed E-state index contributed by atoms with van der Waals surface area (Å²) in [7, 11) is 0. The number of halogens is 1. The molecule has 1 aromatic heterocycles. The van der Waals surface area contributed by atoms with Gasteiger partial charge in [-0.3, -0.25) is 9.59 Å². The number of aryl methyl sites for hydroxylation is 2. The molecule has 0 fully saturated rings. The number of carbonyl (C=O) groups excluding carboxylic acids is 1. The third kappa shape index (κ3) is 6.62.